The highest BCUT2D eigenvalue weighted by molar-refractivity contribution is 5.94. The van der Waals surface area contributed by atoms with Crippen LogP contribution in [-0.2, 0) is 9.59 Å². The summed E-state index contributed by atoms with van der Waals surface area (Å²) in [6.07, 6.45) is 4.58. The van der Waals surface area contributed by atoms with E-state index in [1.54, 1.807) is 11.9 Å². The standard InChI is InChI=1S/C15H24N2O3/c1-11(12-5-3-6-12)14(19)17-8-4-7-15(20,10-17)9-13(18)16-2/h20H,3-10H2,1-2H3,(H,16,18). The fourth-order valence-electron chi connectivity index (χ4n) is 2.93. The number of nitrogens with one attached hydrogen (secondary N) is 1. The predicted octanol–water partition coefficient (Wildman–Crippen LogP) is 0.976. The van der Waals surface area contributed by atoms with Gasteiger partial charge in [0.2, 0.25) is 11.8 Å². The molecule has 112 valence electrons. The van der Waals surface area contributed by atoms with Gasteiger partial charge in [-0.1, -0.05) is 5.57 Å². The minimum atomic E-state index is -1.08. The quantitative estimate of drug-likeness (QED) is 0.757. The van der Waals surface area contributed by atoms with E-state index in [0.29, 0.717) is 13.0 Å². The second-order valence-corrected chi connectivity index (χ2v) is 5.99. The molecule has 2 aliphatic rings. The zero-order chi connectivity index (χ0) is 14.8. The van der Waals surface area contributed by atoms with E-state index in [2.05, 4.69) is 5.32 Å². The Labute approximate surface area is 120 Å². The highest BCUT2D eigenvalue weighted by Crippen LogP contribution is 2.31. The predicted molar refractivity (Wildman–Crippen MR) is 76.0 cm³/mol. The molecule has 1 aliphatic carbocycles. The Morgan fingerprint density at radius 1 is 1.35 bits per heavy atom. The van der Waals surface area contributed by atoms with Gasteiger partial charge in [-0.25, -0.2) is 0 Å². The van der Waals surface area contributed by atoms with Crippen LogP contribution in [0.4, 0.5) is 0 Å². The summed E-state index contributed by atoms with van der Waals surface area (Å²) in [5.41, 5.74) is 0.995. The van der Waals surface area contributed by atoms with Crippen molar-refractivity contribution in [3.8, 4) is 0 Å². The zero-order valence-corrected chi connectivity index (χ0v) is 12.4. The lowest BCUT2D eigenvalue weighted by atomic mass is 9.86. The van der Waals surface area contributed by atoms with Crippen molar-refractivity contribution in [3.05, 3.63) is 11.1 Å². The van der Waals surface area contributed by atoms with Gasteiger partial charge in [0.1, 0.15) is 0 Å². The van der Waals surface area contributed by atoms with Crippen LogP contribution in [0.3, 0.4) is 0 Å². The first kappa shape index (κ1) is 15.0. The summed E-state index contributed by atoms with van der Waals surface area (Å²) in [5.74, 6) is -0.161. The lowest BCUT2D eigenvalue weighted by Crippen LogP contribution is -2.52. The number of carbonyl (C=O) groups is 2. The first-order valence-corrected chi connectivity index (χ1v) is 7.36. The topological polar surface area (TPSA) is 69.6 Å². The Morgan fingerprint density at radius 2 is 2.05 bits per heavy atom. The first-order valence-electron chi connectivity index (χ1n) is 7.36. The Balaban J connectivity index is 2.02. The van der Waals surface area contributed by atoms with Gasteiger partial charge in [-0.05, 0) is 39.0 Å². The van der Waals surface area contributed by atoms with E-state index in [0.717, 1.165) is 24.8 Å². The third kappa shape index (κ3) is 3.20. The summed E-state index contributed by atoms with van der Waals surface area (Å²) >= 11 is 0. The van der Waals surface area contributed by atoms with Crippen molar-refractivity contribution in [3.63, 3.8) is 0 Å². The van der Waals surface area contributed by atoms with Crippen LogP contribution < -0.4 is 5.32 Å². The van der Waals surface area contributed by atoms with E-state index in [9.17, 15) is 14.7 Å². The van der Waals surface area contributed by atoms with Crippen LogP contribution >= 0.6 is 0 Å². The zero-order valence-electron chi connectivity index (χ0n) is 12.4. The summed E-state index contributed by atoms with van der Waals surface area (Å²) in [7, 11) is 1.56. The Bertz CT molecular complexity index is 438. The van der Waals surface area contributed by atoms with Crippen LogP contribution in [0.15, 0.2) is 11.1 Å². The SMILES string of the molecule is CNC(=O)CC1(O)CCCN(C(=O)C(C)=C2CCC2)C1. The molecule has 0 bridgehead atoms. The number of carbonyl (C=O) groups excluding carboxylic acids is 2. The number of rotatable bonds is 3. The van der Waals surface area contributed by atoms with Gasteiger partial charge in [0, 0.05) is 19.2 Å². The summed E-state index contributed by atoms with van der Waals surface area (Å²) in [4.78, 5) is 25.6. The van der Waals surface area contributed by atoms with Crippen molar-refractivity contribution in [2.75, 3.05) is 20.1 Å². The molecule has 1 saturated heterocycles. The van der Waals surface area contributed by atoms with Gasteiger partial charge in [-0.3, -0.25) is 9.59 Å². The molecule has 2 rings (SSSR count). The van der Waals surface area contributed by atoms with Crippen molar-refractivity contribution < 1.29 is 14.7 Å². The molecule has 2 amide bonds. The molecule has 0 radical (unpaired) electrons. The number of amides is 2. The fraction of sp³-hybridized carbons (Fsp3) is 0.733. The third-order valence-electron chi connectivity index (χ3n) is 4.42. The van der Waals surface area contributed by atoms with Crippen molar-refractivity contribution in [2.45, 2.75) is 51.0 Å². The minimum absolute atomic E-state index is 0.0229. The van der Waals surface area contributed by atoms with Crippen molar-refractivity contribution in [2.24, 2.45) is 0 Å². The van der Waals surface area contributed by atoms with Gasteiger partial charge in [0.15, 0.2) is 0 Å². The molecular weight excluding hydrogens is 256 g/mol. The number of piperidine rings is 1. The van der Waals surface area contributed by atoms with Crippen LogP contribution in [0, 0.1) is 0 Å². The highest BCUT2D eigenvalue weighted by atomic mass is 16.3. The average molecular weight is 280 g/mol. The van der Waals surface area contributed by atoms with Crippen LogP contribution in [0.1, 0.15) is 45.4 Å². The molecule has 2 N–H and O–H groups in total. The highest BCUT2D eigenvalue weighted by Gasteiger charge is 2.37. The van der Waals surface area contributed by atoms with Gasteiger partial charge in [-0.2, -0.15) is 0 Å². The largest absolute Gasteiger partial charge is 0.388 e. The Kier molecular flexibility index (Phi) is 4.48. The number of hydrogen-bond acceptors (Lipinski definition) is 3. The van der Waals surface area contributed by atoms with Gasteiger partial charge in [0.05, 0.1) is 18.6 Å². The minimum Gasteiger partial charge on any atom is -0.388 e. The average Bonchev–Trinajstić information content (AvgIpc) is 2.35. The molecule has 0 aromatic rings. The molecule has 20 heavy (non-hydrogen) atoms. The second-order valence-electron chi connectivity index (χ2n) is 5.99. The summed E-state index contributed by atoms with van der Waals surface area (Å²) in [5, 5.41) is 13.0. The Morgan fingerprint density at radius 3 is 2.60 bits per heavy atom. The second kappa shape index (κ2) is 5.95. The smallest absolute Gasteiger partial charge is 0.249 e. The number of β-amino-alcohol motifs (C(OH)–C–C–N with tert-alkyl or cyclic N) is 1. The molecular formula is C15H24N2O3. The molecule has 1 heterocycles. The number of nitrogens with zero attached hydrogens (tertiary/aromatic N) is 1. The Hall–Kier alpha value is -1.36. The molecule has 1 unspecified atom stereocenters. The number of allylic oxidation sites excluding steroid dienone is 1. The van der Waals surface area contributed by atoms with E-state index in [1.807, 2.05) is 6.92 Å². The maximum atomic E-state index is 12.4. The monoisotopic (exact) mass is 280 g/mol. The van der Waals surface area contributed by atoms with Gasteiger partial charge in [0.25, 0.3) is 0 Å². The summed E-state index contributed by atoms with van der Waals surface area (Å²) in [6, 6.07) is 0. The maximum absolute atomic E-state index is 12.4. The number of aliphatic hydroxyl groups is 1. The molecule has 5 nitrogen and oxygen atoms in total. The van der Waals surface area contributed by atoms with Crippen LogP contribution in [0.2, 0.25) is 0 Å². The normalized spacial score (nSPS) is 25.9. The molecule has 1 saturated carbocycles. The maximum Gasteiger partial charge on any atom is 0.249 e. The van der Waals surface area contributed by atoms with E-state index >= 15 is 0 Å². The third-order valence-corrected chi connectivity index (χ3v) is 4.42. The van der Waals surface area contributed by atoms with Gasteiger partial charge >= 0.3 is 0 Å². The summed E-state index contributed by atoms with van der Waals surface area (Å²) in [6.45, 7) is 2.80. The first-order chi connectivity index (χ1) is 9.45. The number of likely N-dealkylation sites (tertiary alicyclic amines) is 1. The van der Waals surface area contributed by atoms with E-state index < -0.39 is 5.60 Å². The van der Waals surface area contributed by atoms with Crippen LogP contribution in [-0.4, -0.2) is 47.6 Å². The van der Waals surface area contributed by atoms with Crippen molar-refractivity contribution in [1.29, 1.82) is 0 Å². The van der Waals surface area contributed by atoms with E-state index in [4.69, 9.17) is 0 Å². The van der Waals surface area contributed by atoms with Gasteiger partial charge < -0.3 is 15.3 Å². The van der Waals surface area contributed by atoms with Crippen LogP contribution in [0.5, 0.6) is 0 Å². The van der Waals surface area contributed by atoms with E-state index in [1.165, 1.54) is 12.0 Å². The van der Waals surface area contributed by atoms with Crippen LogP contribution in [0.25, 0.3) is 0 Å². The molecule has 0 aromatic heterocycles. The summed E-state index contributed by atoms with van der Waals surface area (Å²) < 4.78 is 0. The van der Waals surface area contributed by atoms with Gasteiger partial charge in [-0.15, -0.1) is 0 Å². The molecule has 2 fully saturated rings. The molecule has 0 spiro atoms. The molecule has 0 aromatic carbocycles. The lowest BCUT2D eigenvalue weighted by molar-refractivity contribution is -0.139. The molecule has 1 aliphatic heterocycles. The number of hydrogen-bond donors (Lipinski definition) is 2. The van der Waals surface area contributed by atoms with E-state index in [-0.39, 0.29) is 24.8 Å². The molecule has 5 heteroatoms. The fourth-order valence-corrected chi connectivity index (χ4v) is 2.93. The van der Waals surface area contributed by atoms with Crippen molar-refractivity contribution >= 4 is 11.8 Å². The lowest BCUT2D eigenvalue weighted by Gasteiger charge is -2.39. The molecule has 1 atom stereocenters. The van der Waals surface area contributed by atoms with Crippen molar-refractivity contribution in [1.82, 2.24) is 10.2 Å².